The number of nitrogens with two attached hydrogens (primary N) is 1. The van der Waals surface area contributed by atoms with Gasteiger partial charge in [-0.3, -0.25) is 14.3 Å². The summed E-state index contributed by atoms with van der Waals surface area (Å²) in [4.78, 5) is 26.7. The molecule has 2 fully saturated rings. The lowest BCUT2D eigenvalue weighted by Crippen LogP contribution is -2.52. The zero-order valence-corrected chi connectivity index (χ0v) is 17.4. The van der Waals surface area contributed by atoms with Gasteiger partial charge >= 0.3 is 5.76 Å². The summed E-state index contributed by atoms with van der Waals surface area (Å²) >= 11 is 0. The van der Waals surface area contributed by atoms with E-state index in [2.05, 4.69) is 18.7 Å². The molecule has 2 heterocycles. The summed E-state index contributed by atoms with van der Waals surface area (Å²) in [5.41, 5.74) is 7.18. The van der Waals surface area contributed by atoms with Crippen LogP contribution in [-0.2, 0) is 4.74 Å². The van der Waals surface area contributed by atoms with Gasteiger partial charge in [0.2, 0.25) is 5.91 Å². The molecular weight excluding hydrogens is 370 g/mol. The van der Waals surface area contributed by atoms with Crippen LogP contribution in [-0.4, -0.2) is 46.7 Å². The van der Waals surface area contributed by atoms with Crippen molar-refractivity contribution < 1.29 is 13.9 Å². The Morgan fingerprint density at radius 2 is 1.93 bits per heavy atom. The van der Waals surface area contributed by atoms with Crippen molar-refractivity contribution in [1.82, 2.24) is 9.47 Å². The highest BCUT2D eigenvalue weighted by Gasteiger charge is 2.38. The molecule has 2 N–H and O–H groups in total. The van der Waals surface area contributed by atoms with Gasteiger partial charge in [0.1, 0.15) is 0 Å². The van der Waals surface area contributed by atoms with Crippen molar-refractivity contribution in [2.24, 2.45) is 5.73 Å². The normalized spacial score (nSPS) is 26.8. The molecule has 0 spiro atoms. The molecule has 1 saturated heterocycles. The second kappa shape index (κ2) is 7.95. The number of rotatable bonds is 5. The van der Waals surface area contributed by atoms with Gasteiger partial charge in [-0.05, 0) is 70.6 Å². The number of primary amides is 1. The number of ether oxygens (including phenoxy) is 1. The van der Waals surface area contributed by atoms with E-state index in [1.165, 1.54) is 0 Å². The van der Waals surface area contributed by atoms with Gasteiger partial charge in [-0.15, -0.1) is 0 Å². The van der Waals surface area contributed by atoms with Crippen LogP contribution in [0.25, 0.3) is 11.1 Å². The van der Waals surface area contributed by atoms with Crippen molar-refractivity contribution in [3.8, 4) is 0 Å². The molecule has 7 nitrogen and oxygen atoms in total. The molecule has 1 aromatic carbocycles. The lowest BCUT2D eigenvalue weighted by molar-refractivity contribution is -0.0274. The zero-order chi connectivity index (χ0) is 20.6. The molecule has 2 aromatic rings. The predicted octanol–water partition coefficient (Wildman–Crippen LogP) is 3.07. The largest absolute Gasteiger partial charge is 0.420 e. The number of aromatic nitrogens is 1. The third-order valence-corrected chi connectivity index (χ3v) is 6.90. The number of nitrogens with zero attached hydrogens (tertiary/aromatic N) is 2. The number of oxazole rings is 1. The molecule has 0 atom stereocenters. The number of benzene rings is 1. The minimum absolute atomic E-state index is 0.0755. The summed E-state index contributed by atoms with van der Waals surface area (Å²) in [6.07, 6.45) is 6.72. The predicted molar refractivity (Wildman–Crippen MR) is 111 cm³/mol. The highest BCUT2D eigenvalue weighted by atomic mass is 16.5. The van der Waals surface area contributed by atoms with E-state index >= 15 is 0 Å². The summed E-state index contributed by atoms with van der Waals surface area (Å²) < 4.78 is 12.9. The number of likely N-dealkylation sites (tertiary alicyclic amines) is 1. The maximum atomic E-state index is 12.5. The minimum Gasteiger partial charge on any atom is -0.408 e. The van der Waals surface area contributed by atoms with Crippen molar-refractivity contribution in [3.05, 3.63) is 34.3 Å². The quantitative estimate of drug-likeness (QED) is 0.831. The summed E-state index contributed by atoms with van der Waals surface area (Å²) in [7, 11) is 0. The van der Waals surface area contributed by atoms with Crippen LogP contribution in [0.15, 0.2) is 27.4 Å². The molecule has 1 aromatic heterocycles. The molecule has 2 aliphatic rings. The van der Waals surface area contributed by atoms with Crippen molar-refractivity contribution >= 4 is 17.0 Å². The van der Waals surface area contributed by atoms with E-state index < -0.39 is 5.91 Å². The lowest BCUT2D eigenvalue weighted by Gasteiger charge is -2.48. The first-order chi connectivity index (χ1) is 13.9. The molecule has 1 aliphatic heterocycles. The molecule has 0 unspecified atom stereocenters. The van der Waals surface area contributed by atoms with E-state index in [1.54, 1.807) is 22.8 Å². The fourth-order valence-electron chi connectivity index (χ4n) is 5.13. The van der Waals surface area contributed by atoms with Crippen LogP contribution in [0.5, 0.6) is 0 Å². The number of piperidine rings is 1. The number of fused-ring (bicyclic) bond motifs is 1. The Morgan fingerprint density at radius 1 is 1.24 bits per heavy atom. The van der Waals surface area contributed by atoms with Crippen LogP contribution in [0.1, 0.15) is 68.8 Å². The van der Waals surface area contributed by atoms with Crippen LogP contribution in [0, 0.1) is 0 Å². The molecule has 1 saturated carbocycles. The highest BCUT2D eigenvalue weighted by molar-refractivity contribution is 5.95. The minimum atomic E-state index is -0.502. The molecule has 158 valence electrons. The Hall–Kier alpha value is -2.12. The smallest absolute Gasteiger partial charge is 0.408 e. The van der Waals surface area contributed by atoms with Gasteiger partial charge in [0.05, 0.1) is 11.6 Å². The van der Waals surface area contributed by atoms with Gasteiger partial charge in [0.25, 0.3) is 0 Å². The van der Waals surface area contributed by atoms with Crippen molar-refractivity contribution in [1.29, 1.82) is 0 Å². The Bertz CT molecular complexity index is 931. The lowest BCUT2D eigenvalue weighted by atomic mass is 9.79. The van der Waals surface area contributed by atoms with E-state index in [0.717, 1.165) is 58.2 Å². The number of carbonyl (C=O) groups is 1. The number of carbonyl (C=O) groups excluding carboxylic acids is 1. The Kier molecular flexibility index (Phi) is 5.53. The first-order valence-electron chi connectivity index (χ1n) is 10.7. The van der Waals surface area contributed by atoms with Crippen LogP contribution in [0.3, 0.4) is 0 Å². The number of hydrogen-bond acceptors (Lipinski definition) is 5. The van der Waals surface area contributed by atoms with Gasteiger partial charge in [-0.1, -0.05) is 0 Å². The van der Waals surface area contributed by atoms with Crippen molar-refractivity contribution in [2.45, 2.75) is 70.1 Å². The number of amides is 1. The maximum Gasteiger partial charge on any atom is 0.420 e. The van der Waals surface area contributed by atoms with E-state index in [9.17, 15) is 9.59 Å². The van der Waals surface area contributed by atoms with E-state index in [4.69, 9.17) is 14.9 Å². The van der Waals surface area contributed by atoms with E-state index in [1.807, 2.05) is 0 Å². The van der Waals surface area contributed by atoms with Crippen LogP contribution >= 0.6 is 0 Å². The molecule has 1 amide bonds. The SMILES string of the molecule is CCOC1CCC(C)(N2CCC(n3c(=O)oc4ccc(C(N)=O)cc43)CC2)CC1. The molecule has 0 bridgehead atoms. The second-order valence-electron chi connectivity index (χ2n) is 8.65. The summed E-state index contributed by atoms with van der Waals surface area (Å²) in [6.45, 7) is 7.13. The summed E-state index contributed by atoms with van der Waals surface area (Å²) in [6, 6.07) is 5.00. The Labute approximate surface area is 170 Å². The van der Waals surface area contributed by atoms with Gasteiger partial charge in [0.15, 0.2) is 5.58 Å². The molecular formula is C22H31N3O4. The maximum absolute atomic E-state index is 12.5. The van der Waals surface area contributed by atoms with E-state index in [-0.39, 0.29) is 17.3 Å². The highest BCUT2D eigenvalue weighted by Crippen LogP contribution is 2.38. The van der Waals surface area contributed by atoms with Gasteiger partial charge in [-0.2, -0.15) is 0 Å². The summed E-state index contributed by atoms with van der Waals surface area (Å²) in [5, 5.41) is 0. The monoisotopic (exact) mass is 401 g/mol. The second-order valence-corrected chi connectivity index (χ2v) is 8.65. The average molecular weight is 402 g/mol. The first-order valence-corrected chi connectivity index (χ1v) is 10.7. The Morgan fingerprint density at radius 3 is 2.55 bits per heavy atom. The van der Waals surface area contributed by atoms with E-state index in [0.29, 0.717) is 22.8 Å². The number of hydrogen-bond donors (Lipinski definition) is 1. The molecule has 0 radical (unpaired) electrons. The van der Waals surface area contributed by atoms with Gasteiger partial charge in [0, 0.05) is 36.8 Å². The fraction of sp³-hybridized carbons (Fsp3) is 0.636. The van der Waals surface area contributed by atoms with Gasteiger partial charge < -0.3 is 14.9 Å². The Balaban J connectivity index is 1.47. The van der Waals surface area contributed by atoms with Crippen LogP contribution < -0.4 is 11.5 Å². The fourth-order valence-corrected chi connectivity index (χ4v) is 5.13. The third kappa shape index (κ3) is 3.85. The van der Waals surface area contributed by atoms with Crippen molar-refractivity contribution in [2.75, 3.05) is 19.7 Å². The van der Waals surface area contributed by atoms with Crippen molar-refractivity contribution in [3.63, 3.8) is 0 Å². The third-order valence-electron chi connectivity index (χ3n) is 6.90. The standard InChI is InChI=1S/C22H31N3O4/c1-3-28-17-6-10-22(2,11-7-17)24-12-8-16(9-13-24)25-18-14-15(20(23)26)4-5-19(18)29-21(25)27/h4-5,14,16-17H,3,6-13H2,1-2H3,(H2,23,26). The molecule has 7 heteroatoms. The average Bonchev–Trinajstić information content (AvgIpc) is 3.05. The zero-order valence-electron chi connectivity index (χ0n) is 17.4. The van der Waals surface area contributed by atoms with Crippen LogP contribution in [0.4, 0.5) is 0 Å². The van der Waals surface area contributed by atoms with Crippen LogP contribution in [0.2, 0.25) is 0 Å². The molecule has 1 aliphatic carbocycles. The molecule has 29 heavy (non-hydrogen) atoms. The van der Waals surface area contributed by atoms with Gasteiger partial charge in [-0.25, -0.2) is 4.79 Å². The first kappa shape index (κ1) is 20.2. The molecule has 4 rings (SSSR count). The summed E-state index contributed by atoms with van der Waals surface area (Å²) in [5.74, 6) is -0.860. The topological polar surface area (TPSA) is 90.7 Å².